The molecular formula is C26H20O4S. The SMILES string of the molecule is O=C1OC(c2ccccc2)(c2ccccc2)CC(O)=C1C1(O)Cc2ccccc2C1=S. The van der Waals surface area contributed by atoms with Gasteiger partial charge in [-0.3, -0.25) is 0 Å². The van der Waals surface area contributed by atoms with Crippen LogP contribution in [0.2, 0.25) is 0 Å². The highest BCUT2D eigenvalue weighted by atomic mass is 32.1. The third-order valence-corrected chi connectivity index (χ3v) is 6.71. The van der Waals surface area contributed by atoms with Crippen LogP contribution >= 0.6 is 12.2 Å². The Balaban J connectivity index is 1.64. The first-order chi connectivity index (χ1) is 15.0. The van der Waals surface area contributed by atoms with Crippen LogP contribution in [0, 0.1) is 0 Å². The Kier molecular flexibility index (Phi) is 4.54. The quantitative estimate of drug-likeness (QED) is 0.478. The van der Waals surface area contributed by atoms with Gasteiger partial charge in [0.15, 0.2) is 5.60 Å². The van der Waals surface area contributed by atoms with E-state index < -0.39 is 17.2 Å². The first-order valence-corrected chi connectivity index (χ1v) is 10.5. The summed E-state index contributed by atoms with van der Waals surface area (Å²) in [5.74, 6) is -0.976. The topological polar surface area (TPSA) is 66.8 Å². The molecule has 2 aliphatic rings. The molecule has 0 saturated carbocycles. The van der Waals surface area contributed by atoms with Gasteiger partial charge in [-0.25, -0.2) is 4.79 Å². The second-order valence-electron chi connectivity index (χ2n) is 7.97. The first kappa shape index (κ1) is 19.7. The molecule has 0 spiro atoms. The van der Waals surface area contributed by atoms with Crippen LogP contribution in [0.3, 0.4) is 0 Å². The number of aliphatic hydroxyl groups is 2. The van der Waals surface area contributed by atoms with Gasteiger partial charge in [0.25, 0.3) is 0 Å². The highest BCUT2D eigenvalue weighted by Crippen LogP contribution is 2.47. The lowest BCUT2D eigenvalue weighted by atomic mass is 9.77. The summed E-state index contributed by atoms with van der Waals surface area (Å²) in [4.78, 5) is 13.6. The molecule has 31 heavy (non-hydrogen) atoms. The van der Waals surface area contributed by atoms with Crippen molar-refractivity contribution >= 4 is 23.1 Å². The van der Waals surface area contributed by atoms with Gasteiger partial charge in [0.05, 0.1) is 11.3 Å². The molecule has 0 aromatic heterocycles. The second-order valence-corrected chi connectivity index (χ2v) is 8.38. The van der Waals surface area contributed by atoms with Gasteiger partial charge in [-0.2, -0.15) is 0 Å². The summed E-state index contributed by atoms with van der Waals surface area (Å²) in [5.41, 5.74) is -0.108. The smallest absolute Gasteiger partial charge is 0.342 e. The Morgan fingerprint density at radius 2 is 1.35 bits per heavy atom. The Morgan fingerprint density at radius 3 is 1.90 bits per heavy atom. The van der Waals surface area contributed by atoms with Gasteiger partial charge in [0.2, 0.25) is 0 Å². The molecule has 0 saturated heterocycles. The molecule has 1 unspecified atom stereocenters. The number of benzene rings is 3. The number of carbonyl (C=O) groups is 1. The largest absolute Gasteiger partial charge is 0.511 e. The van der Waals surface area contributed by atoms with Crippen molar-refractivity contribution in [3.8, 4) is 0 Å². The van der Waals surface area contributed by atoms with E-state index in [1.807, 2.05) is 84.9 Å². The third kappa shape index (κ3) is 2.92. The van der Waals surface area contributed by atoms with Crippen LogP contribution in [0.4, 0.5) is 0 Å². The fourth-order valence-corrected chi connectivity index (χ4v) is 5.05. The highest BCUT2D eigenvalue weighted by Gasteiger charge is 2.54. The number of aliphatic hydroxyl groups excluding tert-OH is 1. The Bertz CT molecular complexity index is 1180. The molecular weight excluding hydrogens is 408 g/mol. The molecule has 1 aliphatic carbocycles. The third-order valence-electron chi connectivity index (χ3n) is 6.15. The van der Waals surface area contributed by atoms with Crippen molar-refractivity contribution in [1.82, 2.24) is 0 Å². The van der Waals surface area contributed by atoms with E-state index in [-0.39, 0.29) is 29.0 Å². The van der Waals surface area contributed by atoms with E-state index in [2.05, 4.69) is 0 Å². The fraction of sp³-hybridized carbons (Fsp3) is 0.154. The summed E-state index contributed by atoms with van der Waals surface area (Å²) in [6.07, 6.45) is 0.129. The fourth-order valence-electron chi connectivity index (χ4n) is 4.67. The lowest BCUT2D eigenvalue weighted by Gasteiger charge is -2.40. The summed E-state index contributed by atoms with van der Waals surface area (Å²) >= 11 is 5.54. The summed E-state index contributed by atoms with van der Waals surface area (Å²) < 4.78 is 6.08. The van der Waals surface area contributed by atoms with Crippen LogP contribution in [0.1, 0.15) is 28.7 Å². The first-order valence-electron chi connectivity index (χ1n) is 10.1. The molecule has 3 aromatic rings. The van der Waals surface area contributed by atoms with Crippen molar-refractivity contribution in [2.75, 3.05) is 0 Å². The molecule has 0 radical (unpaired) electrons. The van der Waals surface area contributed by atoms with Crippen molar-refractivity contribution in [2.45, 2.75) is 24.0 Å². The molecule has 4 nitrogen and oxygen atoms in total. The molecule has 5 rings (SSSR count). The van der Waals surface area contributed by atoms with Gasteiger partial charge in [-0.05, 0) is 11.1 Å². The highest BCUT2D eigenvalue weighted by molar-refractivity contribution is 7.81. The minimum absolute atomic E-state index is 0.00334. The van der Waals surface area contributed by atoms with E-state index in [0.717, 1.165) is 22.3 Å². The minimum atomic E-state index is -1.78. The maximum absolute atomic E-state index is 13.4. The van der Waals surface area contributed by atoms with E-state index >= 15 is 0 Å². The van der Waals surface area contributed by atoms with Gasteiger partial charge in [-0.15, -0.1) is 0 Å². The molecule has 0 bridgehead atoms. The average Bonchev–Trinajstić information content (AvgIpc) is 3.05. The van der Waals surface area contributed by atoms with Gasteiger partial charge >= 0.3 is 5.97 Å². The van der Waals surface area contributed by atoms with Crippen molar-refractivity contribution in [3.05, 3.63) is 119 Å². The number of hydrogen-bond acceptors (Lipinski definition) is 5. The second kappa shape index (κ2) is 7.15. The van der Waals surface area contributed by atoms with Crippen LogP contribution in [0.15, 0.2) is 96.3 Å². The predicted molar refractivity (Wildman–Crippen MR) is 121 cm³/mol. The van der Waals surface area contributed by atoms with Gasteiger partial charge in [0, 0.05) is 17.5 Å². The van der Waals surface area contributed by atoms with E-state index in [9.17, 15) is 15.0 Å². The maximum Gasteiger partial charge on any atom is 0.342 e. The summed E-state index contributed by atoms with van der Waals surface area (Å²) in [5, 5.41) is 22.7. The number of fused-ring (bicyclic) bond motifs is 1. The zero-order chi connectivity index (χ0) is 21.6. The predicted octanol–water partition coefficient (Wildman–Crippen LogP) is 4.39. The van der Waals surface area contributed by atoms with E-state index in [1.54, 1.807) is 0 Å². The summed E-state index contributed by atoms with van der Waals surface area (Å²) in [6.45, 7) is 0. The number of hydrogen-bond donors (Lipinski definition) is 2. The average molecular weight is 429 g/mol. The van der Waals surface area contributed by atoms with Crippen LogP contribution < -0.4 is 0 Å². The molecule has 0 amide bonds. The van der Waals surface area contributed by atoms with Crippen LogP contribution in [0.5, 0.6) is 0 Å². The van der Waals surface area contributed by atoms with E-state index in [0.29, 0.717) is 0 Å². The Morgan fingerprint density at radius 1 is 0.806 bits per heavy atom. The number of ether oxygens (including phenoxy) is 1. The monoisotopic (exact) mass is 428 g/mol. The number of rotatable bonds is 3. The Labute approximate surface area is 185 Å². The number of thiocarbonyl (C=S) groups is 1. The molecule has 154 valence electrons. The lowest BCUT2D eigenvalue weighted by molar-refractivity contribution is -0.157. The molecule has 1 heterocycles. The van der Waals surface area contributed by atoms with Crippen LogP contribution in [-0.2, 0) is 21.6 Å². The minimum Gasteiger partial charge on any atom is -0.511 e. The maximum atomic E-state index is 13.4. The van der Waals surface area contributed by atoms with Crippen molar-refractivity contribution in [2.24, 2.45) is 0 Å². The van der Waals surface area contributed by atoms with Crippen LogP contribution in [-0.4, -0.2) is 26.6 Å². The summed E-state index contributed by atoms with van der Waals surface area (Å²) in [6, 6.07) is 26.0. The van der Waals surface area contributed by atoms with Gasteiger partial charge in [-0.1, -0.05) is 97.1 Å². The number of cyclic esters (lactones) is 1. The van der Waals surface area contributed by atoms with Gasteiger partial charge in [0.1, 0.15) is 16.9 Å². The zero-order valence-electron chi connectivity index (χ0n) is 16.6. The standard InChI is InChI=1S/C26H20O4S/c27-21-16-26(18-10-3-1-4-11-18,19-12-5-2-6-13-19)30-24(28)22(21)25(29)15-17-9-7-8-14-20(17)23(25)31/h1-14,27,29H,15-16H2. The molecule has 5 heteroatoms. The molecule has 2 N–H and O–H groups in total. The molecule has 3 aromatic carbocycles. The number of esters is 1. The lowest BCUT2D eigenvalue weighted by Crippen LogP contribution is -2.48. The molecule has 1 aliphatic heterocycles. The zero-order valence-corrected chi connectivity index (χ0v) is 17.4. The van der Waals surface area contributed by atoms with Crippen molar-refractivity contribution in [3.63, 3.8) is 0 Å². The van der Waals surface area contributed by atoms with Crippen molar-refractivity contribution in [1.29, 1.82) is 0 Å². The molecule has 0 fully saturated rings. The molecule has 1 atom stereocenters. The van der Waals surface area contributed by atoms with Gasteiger partial charge < -0.3 is 14.9 Å². The van der Waals surface area contributed by atoms with Crippen LogP contribution in [0.25, 0.3) is 0 Å². The van der Waals surface area contributed by atoms with Crippen molar-refractivity contribution < 1.29 is 19.7 Å². The van der Waals surface area contributed by atoms with E-state index in [1.165, 1.54) is 0 Å². The van der Waals surface area contributed by atoms with E-state index in [4.69, 9.17) is 17.0 Å². The Hall–Kier alpha value is -3.28. The number of carbonyl (C=O) groups excluding carboxylic acids is 1. The summed E-state index contributed by atoms with van der Waals surface area (Å²) in [7, 11) is 0. The normalized spacial score (nSPS) is 22.2.